The van der Waals surface area contributed by atoms with E-state index in [4.69, 9.17) is 4.74 Å². The van der Waals surface area contributed by atoms with Crippen LogP contribution in [0.15, 0.2) is 30.5 Å². The molecule has 2 aliphatic rings. The number of benzene rings is 1. The molecular weight excluding hydrogens is 316 g/mol. The van der Waals surface area contributed by atoms with E-state index in [1.807, 2.05) is 29.3 Å². The lowest BCUT2D eigenvalue weighted by atomic mass is 9.89. The van der Waals surface area contributed by atoms with Gasteiger partial charge in [-0.25, -0.2) is 0 Å². The van der Waals surface area contributed by atoms with Gasteiger partial charge in [0.2, 0.25) is 0 Å². The summed E-state index contributed by atoms with van der Waals surface area (Å²) in [4.78, 5) is 15.3. The van der Waals surface area contributed by atoms with E-state index in [-0.39, 0.29) is 24.0 Å². The average Bonchev–Trinajstić information content (AvgIpc) is 3.26. The summed E-state index contributed by atoms with van der Waals surface area (Å²) in [5.74, 6) is 0.114. The van der Waals surface area contributed by atoms with E-state index in [9.17, 15) is 9.90 Å². The maximum atomic E-state index is 13.3. The Kier molecular flexibility index (Phi) is 4.52. The number of para-hydroxylation sites is 1. The van der Waals surface area contributed by atoms with Gasteiger partial charge in [-0.15, -0.1) is 0 Å². The Morgan fingerprint density at radius 2 is 2.16 bits per heavy atom. The topological polar surface area (TPSA) is 54.7 Å². The number of likely N-dealkylation sites (tertiary alicyclic amines) is 1. The van der Waals surface area contributed by atoms with Gasteiger partial charge in [0.1, 0.15) is 0 Å². The Bertz CT molecular complexity index is 769. The first kappa shape index (κ1) is 16.6. The lowest BCUT2D eigenvalue weighted by Gasteiger charge is -2.37. The van der Waals surface area contributed by atoms with Gasteiger partial charge in [-0.3, -0.25) is 4.79 Å². The van der Waals surface area contributed by atoms with Crippen LogP contribution in [0.5, 0.6) is 0 Å². The molecule has 2 aliphatic heterocycles. The number of amides is 1. The zero-order valence-electron chi connectivity index (χ0n) is 14.7. The lowest BCUT2D eigenvalue weighted by Crippen LogP contribution is -2.48. The van der Waals surface area contributed by atoms with Crippen LogP contribution in [0.4, 0.5) is 0 Å². The first-order valence-corrected chi connectivity index (χ1v) is 9.35. The third-order valence-corrected chi connectivity index (χ3v) is 5.78. The molecule has 5 heteroatoms. The van der Waals surface area contributed by atoms with Gasteiger partial charge in [0.15, 0.2) is 0 Å². The molecule has 0 spiro atoms. The summed E-state index contributed by atoms with van der Waals surface area (Å²) >= 11 is 0. The predicted octanol–water partition coefficient (Wildman–Crippen LogP) is 2.66. The lowest BCUT2D eigenvalue weighted by molar-refractivity contribution is -0.0589. The minimum atomic E-state index is -0.371. The van der Waals surface area contributed by atoms with Crippen molar-refractivity contribution in [3.63, 3.8) is 0 Å². The fourth-order valence-electron chi connectivity index (χ4n) is 4.44. The van der Waals surface area contributed by atoms with Crippen LogP contribution in [0.25, 0.3) is 10.9 Å². The fourth-order valence-corrected chi connectivity index (χ4v) is 4.44. The summed E-state index contributed by atoms with van der Waals surface area (Å²) in [6, 6.07) is 8.16. The average molecular weight is 342 g/mol. The summed E-state index contributed by atoms with van der Waals surface area (Å²) in [5.41, 5.74) is 1.88. The molecule has 0 bridgehead atoms. The highest BCUT2D eigenvalue weighted by atomic mass is 16.5. The Morgan fingerprint density at radius 1 is 1.32 bits per heavy atom. The highest BCUT2D eigenvalue weighted by Crippen LogP contribution is 2.32. The van der Waals surface area contributed by atoms with Gasteiger partial charge in [-0.1, -0.05) is 18.2 Å². The van der Waals surface area contributed by atoms with Crippen LogP contribution in [-0.4, -0.2) is 52.4 Å². The van der Waals surface area contributed by atoms with Crippen molar-refractivity contribution in [2.24, 2.45) is 5.92 Å². The first-order valence-electron chi connectivity index (χ1n) is 9.35. The van der Waals surface area contributed by atoms with E-state index in [0.29, 0.717) is 19.6 Å². The minimum Gasteiger partial charge on any atom is -0.393 e. The normalized spacial score (nSPS) is 27.1. The smallest absolute Gasteiger partial charge is 0.256 e. The zero-order valence-corrected chi connectivity index (χ0v) is 14.7. The van der Waals surface area contributed by atoms with E-state index in [2.05, 4.69) is 17.6 Å². The van der Waals surface area contributed by atoms with Crippen molar-refractivity contribution in [3.05, 3.63) is 36.0 Å². The molecule has 0 saturated carbocycles. The SMILES string of the molecule is CCn1cc(C(=O)N2CCC[C@@H]2[C@@H]2COCC[C@@H]2O)c2ccccc21. The van der Waals surface area contributed by atoms with E-state index in [1.165, 1.54) is 0 Å². The minimum absolute atomic E-state index is 0.0275. The summed E-state index contributed by atoms with van der Waals surface area (Å²) in [5, 5.41) is 11.4. The second kappa shape index (κ2) is 6.81. The van der Waals surface area contributed by atoms with Crippen molar-refractivity contribution >= 4 is 16.8 Å². The highest BCUT2D eigenvalue weighted by Gasteiger charge is 2.40. The molecule has 25 heavy (non-hydrogen) atoms. The van der Waals surface area contributed by atoms with Crippen molar-refractivity contribution in [2.75, 3.05) is 19.8 Å². The molecule has 2 aromatic rings. The van der Waals surface area contributed by atoms with Crippen LogP contribution in [0.1, 0.15) is 36.5 Å². The van der Waals surface area contributed by atoms with Crippen molar-refractivity contribution in [3.8, 4) is 0 Å². The van der Waals surface area contributed by atoms with Gasteiger partial charge < -0.3 is 19.3 Å². The molecule has 3 heterocycles. The summed E-state index contributed by atoms with van der Waals surface area (Å²) in [6.45, 7) is 4.86. The van der Waals surface area contributed by atoms with E-state index in [0.717, 1.165) is 42.4 Å². The largest absolute Gasteiger partial charge is 0.393 e. The van der Waals surface area contributed by atoms with Gasteiger partial charge in [0.05, 0.1) is 18.3 Å². The molecule has 4 rings (SSSR count). The second-order valence-electron chi connectivity index (χ2n) is 7.15. The van der Waals surface area contributed by atoms with Gasteiger partial charge >= 0.3 is 0 Å². The quantitative estimate of drug-likeness (QED) is 0.933. The number of aliphatic hydroxyl groups excluding tert-OH is 1. The Balaban J connectivity index is 1.66. The third kappa shape index (κ3) is 2.85. The molecule has 1 amide bonds. The van der Waals surface area contributed by atoms with Crippen molar-refractivity contribution in [2.45, 2.75) is 44.9 Å². The number of aliphatic hydroxyl groups is 1. The standard InChI is InChI=1S/C20H26N2O3/c1-2-21-12-15(14-6-3-4-7-17(14)21)20(24)22-10-5-8-18(22)16-13-25-11-9-19(16)23/h3-4,6-7,12,16,18-19,23H,2,5,8-11,13H2,1H3/t16-,18+,19-/m0/s1. The number of fused-ring (bicyclic) bond motifs is 1. The van der Waals surface area contributed by atoms with E-state index < -0.39 is 0 Å². The zero-order chi connectivity index (χ0) is 17.4. The number of carbonyl (C=O) groups excluding carboxylic acids is 1. The molecule has 3 atom stereocenters. The molecule has 2 fully saturated rings. The Hall–Kier alpha value is -1.85. The monoisotopic (exact) mass is 342 g/mol. The van der Waals surface area contributed by atoms with Crippen molar-refractivity contribution < 1.29 is 14.6 Å². The molecule has 1 aromatic heterocycles. The third-order valence-electron chi connectivity index (χ3n) is 5.78. The number of rotatable bonds is 3. The number of hydrogen-bond donors (Lipinski definition) is 1. The molecule has 5 nitrogen and oxygen atoms in total. The van der Waals surface area contributed by atoms with Gasteiger partial charge in [0.25, 0.3) is 5.91 Å². The number of hydrogen-bond acceptors (Lipinski definition) is 3. The summed E-state index contributed by atoms with van der Waals surface area (Å²) in [6.07, 6.45) is 4.22. The number of carbonyl (C=O) groups is 1. The molecule has 1 N–H and O–H groups in total. The van der Waals surface area contributed by atoms with Crippen molar-refractivity contribution in [1.82, 2.24) is 9.47 Å². The Morgan fingerprint density at radius 3 is 2.96 bits per heavy atom. The van der Waals surface area contributed by atoms with Crippen LogP contribution in [0.3, 0.4) is 0 Å². The molecule has 0 radical (unpaired) electrons. The number of aromatic nitrogens is 1. The molecular formula is C20H26N2O3. The van der Waals surface area contributed by atoms with Crippen LogP contribution < -0.4 is 0 Å². The van der Waals surface area contributed by atoms with Crippen molar-refractivity contribution in [1.29, 1.82) is 0 Å². The molecule has 1 aromatic carbocycles. The van der Waals surface area contributed by atoms with Crippen LogP contribution in [-0.2, 0) is 11.3 Å². The summed E-state index contributed by atoms with van der Waals surface area (Å²) in [7, 11) is 0. The highest BCUT2D eigenvalue weighted by molar-refractivity contribution is 6.07. The maximum Gasteiger partial charge on any atom is 0.256 e. The van der Waals surface area contributed by atoms with Crippen LogP contribution >= 0.6 is 0 Å². The predicted molar refractivity (Wildman–Crippen MR) is 96.6 cm³/mol. The van der Waals surface area contributed by atoms with Gasteiger partial charge in [0, 0.05) is 48.8 Å². The van der Waals surface area contributed by atoms with Crippen LogP contribution in [0.2, 0.25) is 0 Å². The fraction of sp³-hybridized carbons (Fsp3) is 0.550. The Labute approximate surface area is 148 Å². The molecule has 2 saturated heterocycles. The molecule has 0 unspecified atom stereocenters. The van der Waals surface area contributed by atoms with Gasteiger partial charge in [-0.2, -0.15) is 0 Å². The summed E-state index contributed by atoms with van der Waals surface area (Å²) < 4.78 is 7.72. The van der Waals surface area contributed by atoms with Gasteiger partial charge in [-0.05, 0) is 32.3 Å². The second-order valence-corrected chi connectivity index (χ2v) is 7.15. The van der Waals surface area contributed by atoms with E-state index in [1.54, 1.807) is 0 Å². The van der Waals surface area contributed by atoms with Crippen LogP contribution in [0, 0.1) is 5.92 Å². The first-order chi connectivity index (χ1) is 12.2. The number of aryl methyl sites for hydroxylation is 1. The maximum absolute atomic E-state index is 13.3. The number of nitrogens with zero attached hydrogens (tertiary/aromatic N) is 2. The molecule has 134 valence electrons. The van der Waals surface area contributed by atoms with E-state index >= 15 is 0 Å². The molecule has 0 aliphatic carbocycles. The number of ether oxygens (including phenoxy) is 1.